The van der Waals surface area contributed by atoms with Gasteiger partial charge in [-0.25, -0.2) is 0 Å². The minimum absolute atomic E-state index is 0.0640. The van der Waals surface area contributed by atoms with Gasteiger partial charge < -0.3 is 14.6 Å². The van der Waals surface area contributed by atoms with E-state index in [1.54, 1.807) is 6.92 Å². The smallest absolute Gasteiger partial charge is 0.303 e. The van der Waals surface area contributed by atoms with Gasteiger partial charge in [0.1, 0.15) is 23.6 Å². The van der Waals surface area contributed by atoms with Crippen molar-refractivity contribution in [3.63, 3.8) is 0 Å². The standard InChI is InChI=1S/C25H36O6/c1-14(26)21-13-22(31-16(3)28)25(29)20-7-6-17-12-18(30-15(2)27)8-10-23(17,4)19(20)9-11-24(21,25)5/h6,18-22,29H,7-13H2,1-5H3. The first-order valence-corrected chi connectivity index (χ1v) is 11.7. The number of carbonyl (C=O) groups is 3. The Morgan fingerprint density at radius 1 is 1.00 bits per heavy atom. The summed E-state index contributed by atoms with van der Waals surface area (Å²) in [5.74, 6) is -0.718. The average Bonchev–Trinajstić information content (AvgIpc) is 2.89. The number of ketones is 1. The number of esters is 2. The lowest BCUT2D eigenvalue weighted by molar-refractivity contribution is -0.221. The monoisotopic (exact) mass is 432 g/mol. The molecule has 0 amide bonds. The molecule has 0 aromatic carbocycles. The number of allylic oxidation sites excluding steroid dienone is 1. The highest BCUT2D eigenvalue weighted by Crippen LogP contribution is 2.68. The predicted molar refractivity (Wildman–Crippen MR) is 114 cm³/mol. The van der Waals surface area contributed by atoms with Crippen molar-refractivity contribution in [1.82, 2.24) is 0 Å². The zero-order chi connectivity index (χ0) is 22.8. The Morgan fingerprint density at radius 3 is 2.29 bits per heavy atom. The Morgan fingerprint density at radius 2 is 1.68 bits per heavy atom. The molecule has 6 nitrogen and oxygen atoms in total. The Balaban J connectivity index is 1.71. The normalized spacial score (nSPS) is 46.1. The molecule has 0 saturated heterocycles. The highest BCUT2D eigenvalue weighted by atomic mass is 16.6. The van der Waals surface area contributed by atoms with Gasteiger partial charge in [0.2, 0.25) is 0 Å². The van der Waals surface area contributed by atoms with Crippen molar-refractivity contribution >= 4 is 17.7 Å². The summed E-state index contributed by atoms with van der Waals surface area (Å²) in [5.41, 5.74) is -0.582. The van der Waals surface area contributed by atoms with E-state index in [0.717, 1.165) is 32.1 Å². The summed E-state index contributed by atoms with van der Waals surface area (Å²) in [6.07, 6.45) is 6.72. The van der Waals surface area contributed by atoms with Crippen LogP contribution < -0.4 is 0 Å². The average molecular weight is 433 g/mol. The lowest BCUT2D eigenvalue weighted by atomic mass is 9.45. The van der Waals surface area contributed by atoms with Gasteiger partial charge in [-0.05, 0) is 62.7 Å². The second-order valence-corrected chi connectivity index (χ2v) is 10.8. The molecule has 4 rings (SSSR count). The molecule has 172 valence electrons. The van der Waals surface area contributed by atoms with Gasteiger partial charge in [0.15, 0.2) is 0 Å². The Bertz CT molecular complexity index is 832. The number of aliphatic hydroxyl groups is 1. The third kappa shape index (κ3) is 3.20. The molecule has 0 heterocycles. The van der Waals surface area contributed by atoms with Crippen molar-refractivity contribution in [3.8, 4) is 0 Å². The summed E-state index contributed by atoms with van der Waals surface area (Å²) >= 11 is 0. The van der Waals surface area contributed by atoms with E-state index in [1.807, 2.05) is 6.92 Å². The number of ether oxygens (including phenoxy) is 2. The summed E-state index contributed by atoms with van der Waals surface area (Å²) in [6, 6.07) is 0. The fourth-order valence-corrected chi connectivity index (χ4v) is 7.91. The Kier molecular flexibility index (Phi) is 5.39. The van der Waals surface area contributed by atoms with Crippen molar-refractivity contribution in [2.24, 2.45) is 28.6 Å². The Labute approximate surface area is 184 Å². The first-order chi connectivity index (χ1) is 14.4. The van der Waals surface area contributed by atoms with Gasteiger partial charge in [-0.2, -0.15) is 0 Å². The SMILES string of the molecule is CC(=O)OC1CCC2(C)C(=CCC3C2CCC2(C)C(C(C)=O)CC(OC(C)=O)C32O)C1. The van der Waals surface area contributed by atoms with Crippen LogP contribution in [0.1, 0.15) is 79.6 Å². The molecule has 3 fully saturated rings. The number of hydrogen-bond donors (Lipinski definition) is 1. The zero-order valence-corrected chi connectivity index (χ0v) is 19.4. The van der Waals surface area contributed by atoms with Gasteiger partial charge in [0, 0.05) is 31.6 Å². The molecule has 0 radical (unpaired) electrons. The fourth-order valence-electron chi connectivity index (χ4n) is 7.91. The minimum Gasteiger partial charge on any atom is -0.462 e. The third-order valence-electron chi connectivity index (χ3n) is 9.39. The van der Waals surface area contributed by atoms with Crippen LogP contribution in [0, 0.1) is 28.6 Å². The van der Waals surface area contributed by atoms with Crippen LogP contribution in [0.25, 0.3) is 0 Å². The van der Waals surface area contributed by atoms with Crippen LogP contribution in [-0.4, -0.2) is 40.6 Å². The van der Waals surface area contributed by atoms with Crippen LogP contribution in [0.4, 0.5) is 0 Å². The van der Waals surface area contributed by atoms with E-state index in [4.69, 9.17) is 9.47 Å². The molecule has 1 N–H and O–H groups in total. The maximum absolute atomic E-state index is 12.6. The largest absolute Gasteiger partial charge is 0.462 e. The van der Waals surface area contributed by atoms with Crippen LogP contribution >= 0.6 is 0 Å². The maximum Gasteiger partial charge on any atom is 0.303 e. The molecule has 0 aromatic heterocycles. The Hall–Kier alpha value is -1.69. The van der Waals surface area contributed by atoms with E-state index in [0.29, 0.717) is 12.8 Å². The molecular weight excluding hydrogens is 396 g/mol. The van der Waals surface area contributed by atoms with Gasteiger partial charge in [0.05, 0.1) is 0 Å². The van der Waals surface area contributed by atoms with Crippen molar-refractivity contribution in [2.45, 2.75) is 97.4 Å². The summed E-state index contributed by atoms with van der Waals surface area (Å²) in [4.78, 5) is 35.9. The van der Waals surface area contributed by atoms with Gasteiger partial charge in [-0.15, -0.1) is 0 Å². The van der Waals surface area contributed by atoms with E-state index < -0.39 is 23.1 Å². The fraction of sp³-hybridized carbons (Fsp3) is 0.800. The minimum atomic E-state index is -1.23. The number of fused-ring (bicyclic) bond motifs is 5. The lowest BCUT2D eigenvalue weighted by Crippen LogP contribution is -2.64. The predicted octanol–water partition coefficient (Wildman–Crippen LogP) is 3.74. The number of rotatable bonds is 3. The zero-order valence-electron chi connectivity index (χ0n) is 19.4. The van der Waals surface area contributed by atoms with Gasteiger partial charge in [-0.1, -0.05) is 25.5 Å². The molecule has 8 unspecified atom stereocenters. The van der Waals surface area contributed by atoms with E-state index in [9.17, 15) is 19.5 Å². The van der Waals surface area contributed by atoms with E-state index >= 15 is 0 Å². The highest BCUT2D eigenvalue weighted by Gasteiger charge is 2.71. The summed E-state index contributed by atoms with van der Waals surface area (Å²) in [5, 5.41) is 12.3. The van der Waals surface area contributed by atoms with Crippen LogP contribution in [0.5, 0.6) is 0 Å². The molecule has 3 saturated carbocycles. The van der Waals surface area contributed by atoms with Gasteiger partial charge in [-0.3, -0.25) is 14.4 Å². The lowest BCUT2D eigenvalue weighted by Gasteiger charge is -2.61. The molecule has 0 aliphatic heterocycles. The molecule has 0 bridgehead atoms. The van der Waals surface area contributed by atoms with Gasteiger partial charge in [0.25, 0.3) is 0 Å². The first-order valence-electron chi connectivity index (χ1n) is 11.7. The highest BCUT2D eigenvalue weighted by molar-refractivity contribution is 5.80. The first kappa shape index (κ1) is 22.5. The molecule has 4 aliphatic rings. The molecule has 8 atom stereocenters. The molecule has 6 heteroatoms. The molecule has 0 aromatic rings. The second-order valence-electron chi connectivity index (χ2n) is 10.8. The van der Waals surface area contributed by atoms with Crippen molar-refractivity contribution in [3.05, 3.63) is 11.6 Å². The van der Waals surface area contributed by atoms with Crippen molar-refractivity contribution in [1.29, 1.82) is 0 Å². The van der Waals surface area contributed by atoms with Crippen LogP contribution in [0.15, 0.2) is 11.6 Å². The van der Waals surface area contributed by atoms with E-state index in [-0.39, 0.29) is 41.0 Å². The second kappa shape index (κ2) is 7.43. The molecule has 4 aliphatic carbocycles. The van der Waals surface area contributed by atoms with E-state index in [1.165, 1.54) is 19.4 Å². The van der Waals surface area contributed by atoms with Crippen LogP contribution in [0.2, 0.25) is 0 Å². The van der Waals surface area contributed by atoms with Crippen LogP contribution in [-0.2, 0) is 23.9 Å². The summed E-state index contributed by atoms with van der Waals surface area (Å²) < 4.78 is 11.2. The number of Topliss-reactive ketones (excluding diaryl/α,β-unsaturated/α-hetero) is 1. The van der Waals surface area contributed by atoms with E-state index in [2.05, 4.69) is 13.0 Å². The molecule has 0 spiro atoms. The number of hydrogen-bond acceptors (Lipinski definition) is 6. The molecule has 31 heavy (non-hydrogen) atoms. The summed E-state index contributed by atoms with van der Waals surface area (Å²) in [7, 11) is 0. The summed E-state index contributed by atoms with van der Waals surface area (Å²) in [6.45, 7) is 8.73. The topological polar surface area (TPSA) is 89.9 Å². The number of carbonyl (C=O) groups excluding carboxylic acids is 3. The molecular formula is C25H36O6. The van der Waals surface area contributed by atoms with Crippen molar-refractivity contribution < 1.29 is 29.0 Å². The van der Waals surface area contributed by atoms with Gasteiger partial charge >= 0.3 is 11.9 Å². The quantitative estimate of drug-likeness (QED) is 0.540. The third-order valence-corrected chi connectivity index (χ3v) is 9.39. The van der Waals surface area contributed by atoms with Crippen LogP contribution in [0.3, 0.4) is 0 Å². The maximum atomic E-state index is 12.6. The van der Waals surface area contributed by atoms with Crippen molar-refractivity contribution in [2.75, 3.05) is 0 Å².